The second kappa shape index (κ2) is 7.89. The number of nitrogens with one attached hydrogen (secondary N) is 1. The summed E-state index contributed by atoms with van der Waals surface area (Å²) >= 11 is 3.32. The molecule has 0 aliphatic rings. The molecule has 0 heterocycles. The summed E-state index contributed by atoms with van der Waals surface area (Å²) in [5, 5.41) is 0.720. The molecule has 0 aliphatic carbocycles. The van der Waals surface area contributed by atoms with Gasteiger partial charge >= 0.3 is 0 Å². The number of sulfonamides is 1. The normalized spacial score (nSPS) is 11.7. The number of benzene rings is 1. The Labute approximate surface area is 117 Å². The molecule has 0 aromatic heterocycles. The van der Waals surface area contributed by atoms with Crippen LogP contribution < -0.4 is 4.72 Å². The number of hydrogen-bond donors (Lipinski definition) is 1. The summed E-state index contributed by atoms with van der Waals surface area (Å²) in [6.07, 6.45) is 1.62. The molecule has 1 rings (SSSR count). The maximum absolute atomic E-state index is 11.9. The molecule has 0 bridgehead atoms. The van der Waals surface area contributed by atoms with E-state index in [2.05, 4.69) is 20.7 Å². The third kappa shape index (κ3) is 5.06. The lowest BCUT2D eigenvalue weighted by molar-refractivity contribution is 0.193. The zero-order valence-electron chi connectivity index (χ0n) is 10.4. The molecule has 1 aromatic rings. The fourth-order valence-electron chi connectivity index (χ4n) is 1.42. The smallest absolute Gasteiger partial charge is 0.240 e. The molecule has 0 saturated heterocycles. The molecule has 0 unspecified atom stereocenters. The number of alkyl halides is 1. The predicted octanol–water partition coefficient (Wildman–Crippen LogP) is 2.29. The molecule has 0 spiro atoms. The van der Waals surface area contributed by atoms with E-state index in [1.54, 1.807) is 31.4 Å². The number of unbranched alkanes of at least 4 members (excludes halogenated alkanes) is 1. The zero-order chi connectivity index (χ0) is 13.4. The van der Waals surface area contributed by atoms with E-state index in [4.69, 9.17) is 4.74 Å². The van der Waals surface area contributed by atoms with Crippen molar-refractivity contribution in [2.24, 2.45) is 0 Å². The summed E-state index contributed by atoms with van der Waals surface area (Å²) in [4.78, 5) is 0.305. The highest BCUT2D eigenvalue weighted by Gasteiger charge is 2.12. The topological polar surface area (TPSA) is 55.4 Å². The highest BCUT2D eigenvalue weighted by atomic mass is 79.9. The maximum atomic E-state index is 11.9. The zero-order valence-corrected chi connectivity index (χ0v) is 12.8. The van der Waals surface area contributed by atoms with Gasteiger partial charge in [0.25, 0.3) is 0 Å². The van der Waals surface area contributed by atoms with Gasteiger partial charge in [-0.15, -0.1) is 0 Å². The largest absolute Gasteiger partial charge is 0.385 e. The molecule has 0 radical (unpaired) electrons. The standard InChI is InChI=1S/C12H18BrNO3S/c1-17-9-3-2-8-14-18(15,16)12-6-4-11(10-13)5-7-12/h4-7,14H,2-3,8-10H2,1H3. The Balaban J connectivity index is 2.51. The number of methoxy groups -OCH3 is 1. The Morgan fingerprint density at radius 2 is 1.89 bits per heavy atom. The van der Waals surface area contributed by atoms with Crippen molar-refractivity contribution in [3.8, 4) is 0 Å². The summed E-state index contributed by atoms with van der Waals surface area (Å²) in [5.41, 5.74) is 1.05. The van der Waals surface area contributed by atoms with Gasteiger partial charge in [-0.3, -0.25) is 0 Å². The van der Waals surface area contributed by atoms with E-state index in [1.165, 1.54) is 0 Å². The Morgan fingerprint density at radius 3 is 2.44 bits per heavy atom. The second-order valence-electron chi connectivity index (χ2n) is 3.88. The highest BCUT2D eigenvalue weighted by molar-refractivity contribution is 9.08. The first kappa shape index (κ1) is 15.6. The molecular weight excluding hydrogens is 318 g/mol. The van der Waals surface area contributed by atoms with Crippen LogP contribution in [-0.2, 0) is 20.1 Å². The fraction of sp³-hybridized carbons (Fsp3) is 0.500. The van der Waals surface area contributed by atoms with Crippen LogP contribution in [0.5, 0.6) is 0 Å². The van der Waals surface area contributed by atoms with E-state index in [0.29, 0.717) is 18.0 Å². The average molecular weight is 336 g/mol. The Morgan fingerprint density at radius 1 is 1.22 bits per heavy atom. The number of rotatable bonds is 8. The molecule has 18 heavy (non-hydrogen) atoms. The summed E-state index contributed by atoms with van der Waals surface area (Å²) in [6, 6.07) is 6.84. The van der Waals surface area contributed by atoms with E-state index in [-0.39, 0.29) is 0 Å². The molecule has 6 heteroatoms. The van der Waals surface area contributed by atoms with Crippen molar-refractivity contribution in [3.63, 3.8) is 0 Å². The van der Waals surface area contributed by atoms with Gasteiger partial charge in [0.1, 0.15) is 0 Å². The Kier molecular flexibility index (Phi) is 6.85. The van der Waals surface area contributed by atoms with E-state index >= 15 is 0 Å². The molecule has 0 saturated carbocycles. The minimum atomic E-state index is -3.38. The maximum Gasteiger partial charge on any atom is 0.240 e. The minimum Gasteiger partial charge on any atom is -0.385 e. The van der Waals surface area contributed by atoms with Gasteiger partial charge in [-0.1, -0.05) is 28.1 Å². The third-order valence-electron chi connectivity index (χ3n) is 2.46. The van der Waals surface area contributed by atoms with Crippen LogP contribution in [-0.4, -0.2) is 28.7 Å². The van der Waals surface area contributed by atoms with Gasteiger partial charge in [0.2, 0.25) is 10.0 Å². The molecule has 4 nitrogen and oxygen atoms in total. The summed E-state index contributed by atoms with van der Waals surface area (Å²) in [5.74, 6) is 0. The first-order valence-electron chi connectivity index (χ1n) is 5.73. The van der Waals surface area contributed by atoms with E-state index < -0.39 is 10.0 Å². The summed E-state index contributed by atoms with van der Waals surface area (Å²) in [6.45, 7) is 1.09. The monoisotopic (exact) mass is 335 g/mol. The SMILES string of the molecule is COCCCCNS(=O)(=O)c1ccc(CBr)cc1. The second-order valence-corrected chi connectivity index (χ2v) is 6.20. The number of ether oxygens (including phenoxy) is 1. The van der Waals surface area contributed by atoms with Crippen LogP contribution in [0.15, 0.2) is 29.2 Å². The van der Waals surface area contributed by atoms with Crippen molar-refractivity contribution in [1.82, 2.24) is 4.72 Å². The third-order valence-corrected chi connectivity index (χ3v) is 4.58. The molecule has 0 aliphatic heterocycles. The molecule has 102 valence electrons. The van der Waals surface area contributed by atoms with Crippen LogP contribution in [0.3, 0.4) is 0 Å². The van der Waals surface area contributed by atoms with Gasteiger partial charge in [0.05, 0.1) is 4.90 Å². The van der Waals surface area contributed by atoms with Crippen molar-refractivity contribution >= 4 is 26.0 Å². The van der Waals surface area contributed by atoms with Crippen molar-refractivity contribution in [2.75, 3.05) is 20.3 Å². The van der Waals surface area contributed by atoms with Crippen LogP contribution >= 0.6 is 15.9 Å². The van der Waals surface area contributed by atoms with Gasteiger partial charge in [0, 0.05) is 25.6 Å². The van der Waals surface area contributed by atoms with Gasteiger partial charge in [0.15, 0.2) is 0 Å². The first-order chi connectivity index (χ1) is 8.60. The van der Waals surface area contributed by atoms with Crippen LogP contribution in [0.25, 0.3) is 0 Å². The minimum absolute atomic E-state index is 0.305. The Hall–Kier alpha value is -0.430. The lowest BCUT2D eigenvalue weighted by Crippen LogP contribution is -2.25. The van der Waals surface area contributed by atoms with Crippen LogP contribution in [0, 0.1) is 0 Å². The van der Waals surface area contributed by atoms with Gasteiger partial charge in [-0.05, 0) is 30.5 Å². The van der Waals surface area contributed by atoms with E-state index in [1.807, 2.05) is 0 Å². The molecule has 0 amide bonds. The van der Waals surface area contributed by atoms with Crippen LogP contribution in [0.4, 0.5) is 0 Å². The molecular formula is C12H18BrNO3S. The predicted molar refractivity (Wildman–Crippen MR) is 75.4 cm³/mol. The quantitative estimate of drug-likeness (QED) is 0.585. The Bertz CT molecular complexity index is 445. The van der Waals surface area contributed by atoms with Crippen molar-refractivity contribution in [3.05, 3.63) is 29.8 Å². The lowest BCUT2D eigenvalue weighted by Gasteiger charge is -2.07. The van der Waals surface area contributed by atoms with Crippen LogP contribution in [0.1, 0.15) is 18.4 Å². The van der Waals surface area contributed by atoms with Gasteiger partial charge in [-0.2, -0.15) is 0 Å². The van der Waals surface area contributed by atoms with E-state index in [9.17, 15) is 8.42 Å². The molecule has 0 fully saturated rings. The van der Waals surface area contributed by atoms with Crippen molar-refractivity contribution in [1.29, 1.82) is 0 Å². The van der Waals surface area contributed by atoms with Gasteiger partial charge in [-0.25, -0.2) is 13.1 Å². The molecule has 1 N–H and O–H groups in total. The fourth-order valence-corrected chi connectivity index (χ4v) is 2.87. The van der Waals surface area contributed by atoms with E-state index in [0.717, 1.165) is 23.7 Å². The molecule has 0 atom stereocenters. The van der Waals surface area contributed by atoms with Gasteiger partial charge < -0.3 is 4.74 Å². The summed E-state index contributed by atoms with van der Waals surface area (Å²) < 4.78 is 31.3. The number of halogens is 1. The lowest BCUT2D eigenvalue weighted by atomic mass is 10.2. The average Bonchev–Trinajstić information content (AvgIpc) is 2.38. The highest BCUT2D eigenvalue weighted by Crippen LogP contribution is 2.12. The van der Waals surface area contributed by atoms with Crippen LogP contribution in [0.2, 0.25) is 0 Å². The summed E-state index contributed by atoms with van der Waals surface area (Å²) in [7, 11) is -1.74. The van der Waals surface area contributed by atoms with Crippen molar-refractivity contribution in [2.45, 2.75) is 23.1 Å². The number of hydrogen-bond acceptors (Lipinski definition) is 3. The first-order valence-corrected chi connectivity index (χ1v) is 8.34. The van der Waals surface area contributed by atoms with Crippen molar-refractivity contribution < 1.29 is 13.2 Å². The molecule has 1 aromatic carbocycles.